The van der Waals surface area contributed by atoms with Crippen molar-refractivity contribution in [1.29, 1.82) is 0 Å². The van der Waals surface area contributed by atoms with E-state index in [2.05, 4.69) is 4.98 Å². The Morgan fingerprint density at radius 1 is 1.50 bits per heavy atom. The predicted octanol–water partition coefficient (Wildman–Crippen LogP) is 2.13. The highest BCUT2D eigenvalue weighted by Gasteiger charge is 2.05. The largest absolute Gasteiger partial charge is 0.424 e. The Morgan fingerprint density at radius 2 is 2.33 bits per heavy atom. The van der Waals surface area contributed by atoms with E-state index in [0.29, 0.717) is 0 Å². The zero-order valence-corrected chi connectivity index (χ0v) is 7.39. The molecule has 1 aromatic carbocycles. The number of thioether (sulfide) groups is 1. The smallest absolute Gasteiger partial charge is 0.293 e. The average Bonchev–Trinajstić information content (AvgIpc) is 2.44. The Balaban J connectivity index is 2.78. The molecule has 2 rings (SSSR count). The molecule has 0 atom stereocenters. The third kappa shape index (κ3) is 1.04. The minimum absolute atomic E-state index is 0.228. The van der Waals surface area contributed by atoms with E-state index in [1.165, 1.54) is 0 Å². The van der Waals surface area contributed by atoms with Crippen LogP contribution in [0.25, 0.3) is 11.1 Å². The SMILES string of the molecule is CSc1cccc2oc(N)nc12. The maximum Gasteiger partial charge on any atom is 0.293 e. The first kappa shape index (κ1) is 7.49. The van der Waals surface area contributed by atoms with Crippen molar-refractivity contribution in [2.75, 3.05) is 12.0 Å². The van der Waals surface area contributed by atoms with E-state index in [-0.39, 0.29) is 6.01 Å². The van der Waals surface area contributed by atoms with Gasteiger partial charge < -0.3 is 10.2 Å². The maximum atomic E-state index is 5.43. The summed E-state index contributed by atoms with van der Waals surface area (Å²) in [6.07, 6.45) is 2.00. The van der Waals surface area contributed by atoms with Gasteiger partial charge in [0.25, 0.3) is 6.01 Å². The monoisotopic (exact) mass is 180 g/mol. The Morgan fingerprint density at radius 3 is 3.08 bits per heavy atom. The van der Waals surface area contributed by atoms with Crippen molar-refractivity contribution in [1.82, 2.24) is 4.98 Å². The van der Waals surface area contributed by atoms with Crippen molar-refractivity contribution in [2.45, 2.75) is 4.90 Å². The van der Waals surface area contributed by atoms with Gasteiger partial charge in [-0.3, -0.25) is 0 Å². The van der Waals surface area contributed by atoms with Gasteiger partial charge in [-0.05, 0) is 18.4 Å². The number of nitrogens with two attached hydrogens (primary N) is 1. The number of para-hydroxylation sites is 1. The molecule has 0 aliphatic rings. The van der Waals surface area contributed by atoms with Crippen LogP contribution in [0.4, 0.5) is 6.01 Å². The molecule has 0 spiro atoms. The fourth-order valence-electron chi connectivity index (χ4n) is 1.11. The highest BCUT2D eigenvalue weighted by molar-refractivity contribution is 7.98. The van der Waals surface area contributed by atoms with Crippen LogP contribution >= 0.6 is 11.8 Å². The molecule has 0 unspecified atom stereocenters. The third-order valence-corrected chi connectivity index (χ3v) is 2.39. The van der Waals surface area contributed by atoms with E-state index >= 15 is 0 Å². The quantitative estimate of drug-likeness (QED) is 0.683. The number of nitrogens with zero attached hydrogens (tertiary/aromatic N) is 1. The van der Waals surface area contributed by atoms with Crippen LogP contribution in [0.1, 0.15) is 0 Å². The molecule has 1 heterocycles. The van der Waals surface area contributed by atoms with Crippen molar-refractivity contribution >= 4 is 28.9 Å². The first-order valence-corrected chi connectivity index (χ1v) is 4.73. The van der Waals surface area contributed by atoms with Crippen LogP contribution in [0, 0.1) is 0 Å². The number of fused-ring (bicyclic) bond motifs is 1. The van der Waals surface area contributed by atoms with Gasteiger partial charge in [0, 0.05) is 4.90 Å². The van der Waals surface area contributed by atoms with Crippen LogP contribution < -0.4 is 5.73 Å². The van der Waals surface area contributed by atoms with Gasteiger partial charge in [0.1, 0.15) is 5.52 Å². The van der Waals surface area contributed by atoms with Gasteiger partial charge in [0.2, 0.25) is 0 Å². The number of oxazole rings is 1. The van der Waals surface area contributed by atoms with Gasteiger partial charge >= 0.3 is 0 Å². The Labute approximate surface area is 74.0 Å². The van der Waals surface area contributed by atoms with Crippen LogP contribution in [-0.2, 0) is 0 Å². The van der Waals surface area contributed by atoms with E-state index in [0.717, 1.165) is 16.0 Å². The number of hydrogen-bond donors (Lipinski definition) is 1. The van der Waals surface area contributed by atoms with Crippen LogP contribution in [0.3, 0.4) is 0 Å². The molecule has 0 bridgehead atoms. The normalized spacial score (nSPS) is 10.8. The summed E-state index contributed by atoms with van der Waals surface area (Å²) < 4.78 is 5.16. The molecule has 0 aliphatic carbocycles. The van der Waals surface area contributed by atoms with Crippen LogP contribution in [0.15, 0.2) is 27.5 Å². The van der Waals surface area contributed by atoms with E-state index in [1.807, 2.05) is 24.5 Å². The van der Waals surface area contributed by atoms with Gasteiger partial charge in [0.05, 0.1) is 0 Å². The van der Waals surface area contributed by atoms with Crippen LogP contribution in [0.5, 0.6) is 0 Å². The lowest BCUT2D eigenvalue weighted by atomic mass is 10.3. The van der Waals surface area contributed by atoms with Crippen molar-refractivity contribution in [3.63, 3.8) is 0 Å². The average molecular weight is 180 g/mol. The topological polar surface area (TPSA) is 52.0 Å². The Kier molecular flexibility index (Phi) is 1.69. The molecule has 2 aromatic rings. The van der Waals surface area contributed by atoms with Gasteiger partial charge in [-0.25, -0.2) is 0 Å². The molecular weight excluding hydrogens is 172 g/mol. The second-order valence-electron chi connectivity index (χ2n) is 2.36. The standard InChI is InChI=1S/C8H8N2OS/c1-12-6-4-2-3-5-7(6)10-8(9)11-5/h2-4H,1H3,(H2,9,10). The lowest BCUT2D eigenvalue weighted by Crippen LogP contribution is -1.81. The van der Waals surface area contributed by atoms with Crippen LogP contribution in [0.2, 0.25) is 0 Å². The first-order valence-electron chi connectivity index (χ1n) is 3.50. The highest BCUT2D eigenvalue weighted by atomic mass is 32.2. The Hall–Kier alpha value is -1.16. The summed E-state index contributed by atoms with van der Waals surface area (Å²) in [4.78, 5) is 5.16. The summed E-state index contributed by atoms with van der Waals surface area (Å²) >= 11 is 1.63. The lowest BCUT2D eigenvalue weighted by molar-refractivity contribution is 0.626. The van der Waals surface area contributed by atoms with Crippen molar-refractivity contribution < 1.29 is 4.42 Å². The lowest BCUT2D eigenvalue weighted by Gasteiger charge is -1.93. The molecule has 0 radical (unpaired) electrons. The number of aromatic nitrogens is 1. The molecular formula is C8H8N2OS. The van der Waals surface area contributed by atoms with Crippen molar-refractivity contribution in [3.8, 4) is 0 Å². The molecule has 4 heteroatoms. The molecule has 0 saturated heterocycles. The minimum Gasteiger partial charge on any atom is -0.424 e. The number of anilines is 1. The molecule has 1 aromatic heterocycles. The predicted molar refractivity (Wildman–Crippen MR) is 50.2 cm³/mol. The molecule has 62 valence electrons. The van der Waals surface area contributed by atoms with E-state index in [9.17, 15) is 0 Å². The fourth-order valence-corrected chi connectivity index (χ4v) is 1.66. The van der Waals surface area contributed by atoms with E-state index < -0.39 is 0 Å². The van der Waals surface area contributed by atoms with Crippen molar-refractivity contribution in [3.05, 3.63) is 18.2 Å². The summed E-state index contributed by atoms with van der Waals surface area (Å²) in [5.41, 5.74) is 7.03. The first-order chi connectivity index (χ1) is 5.81. The van der Waals surface area contributed by atoms with Gasteiger partial charge in [0.15, 0.2) is 5.58 Å². The number of hydrogen-bond acceptors (Lipinski definition) is 4. The summed E-state index contributed by atoms with van der Waals surface area (Å²) in [6, 6.07) is 6.01. The number of nitrogen functional groups attached to an aromatic ring is 1. The van der Waals surface area contributed by atoms with Crippen molar-refractivity contribution in [2.24, 2.45) is 0 Å². The maximum absolute atomic E-state index is 5.43. The second-order valence-corrected chi connectivity index (χ2v) is 3.21. The number of benzene rings is 1. The number of rotatable bonds is 1. The van der Waals surface area contributed by atoms with E-state index in [1.54, 1.807) is 11.8 Å². The summed E-state index contributed by atoms with van der Waals surface area (Å²) in [7, 11) is 0. The molecule has 0 saturated carbocycles. The summed E-state index contributed by atoms with van der Waals surface area (Å²) in [5.74, 6) is 0. The Bertz CT molecular complexity index is 410. The van der Waals surface area contributed by atoms with Gasteiger partial charge in [-0.15, -0.1) is 11.8 Å². The molecule has 3 nitrogen and oxygen atoms in total. The zero-order valence-electron chi connectivity index (χ0n) is 6.57. The van der Waals surface area contributed by atoms with E-state index in [4.69, 9.17) is 10.2 Å². The second kappa shape index (κ2) is 2.71. The molecule has 2 N–H and O–H groups in total. The fraction of sp³-hybridized carbons (Fsp3) is 0.125. The minimum atomic E-state index is 0.228. The molecule has 12 heavy (non-hydrogen) atoms. The van der Waals surface area contributed by atoms with Crippen LogP contribution in [-0.4, -0.2) is 11.2 Å². The van der Waals surface area contributed by atoms with Gasteiger partial charge in [-0.1, -0.05) is 6.07 Å². The van der Waals surface area contributed by atoms with Gasteiger partial charge in [-0.2, -0.15) is 4.98 Å². The third-order valence-electron chi connectivity index (χ3n) is 1.62. The molecule has 0 fully saturated rings. The summed E-state index contributed by atoms with van der Waals surface area (Å²) in [6.45, 7) is 0. The zero-order chi connectivity index (χ0) is 8.55. The summed E-state index contributed by atoms with van der Waals surface area (Å²) in [5, 5.41) is 0. The highest BCUT2D eigenvalue weighted by Crippen LogP contribution is 2.26. The molecule has 0 amide bonds. The molecule has 0 aliphatic heterocycles.